The summed E-state index contributed by atoms with van der Waals surface area (Å²) in [7, 11) is 0. The third-order valence-electron chi connectivity index (χ3n) is 2.73. The van der Waals surface area contributed by atoms with Crippen molar-refractivity contribution in [3.63, 3.8) is 0 Å². The van der Waals surface area contributed by atoms with Crippen LogP contribution in [0.5, 0.6) is 0 Å². The lowest BCUT2D eigenvalue weighted by atomic mass is 9.93. The molecule has 0 aliphatic heterocycles. The fourth-order valence-corrected chi connectivity index (χ4v) is 1.76. The number of ether oxygens (including phenoxy) is 1. The van der Waals surface area contributed by atoms with Crippen LogP contribution < -0.4 is 5.32 Å². The Morgan fingerprint density at radius 2 is 1.87 bits per heavy atom. The van der Waals surface area contributed by atoms with Gasteiger partial charge in [0.15, 0.2) is 6.61 Å². The maximum Gasteiger partial charge on any atom is 0.322 e. The van der Waals surface area contributed by atoms with E-state index >= 15 is 0 Å². The molecule has 0 radical (unpaired) electrons. The first kappa shape index (κ1) is 16.7. The number of hydrogen-bond acceptors (Lipinski definition) is 6. The van der Waals surface area contributed by atoms with Gasteiger partial charge < -0.3 is 9.15 Å². The molecule has 2 aromatic rings. The van der Waals surface area contributed by atoms with Crippen LogP contribution in [0.3, 0.4) is 0 Å². The molecule has 7 nitrogen and oxygen atoms in total. The number of rotatable bonds is 5. The fourth-order valence-electron chi connectivity index (χ4n) is 1.76. The Labute approximate surface area is 134 Å². The molecule has 0 fully saturated rings. The van der Waals surface area contributed by atoms with Crippen molar-refractivity contribution in [3.8, 4) is 11.5 Å². The second-order valence-electron chi connectivity index (χ2n) is 6.22. The average Bonchev–Trinajstić information content (AvgIpc) is 2.93. The van der Waals surface area contributed by atoms with Gasteiger partial charge in [-0.25, -0.2) is 0 Å². The van der Waals surface area contributed by atoms with E-state index < -0.39 is 18.5 Å². The van der Waals surface area contributed by atoms with E-state index in [0.29, 0.717) is 5.89 Å². The molecule has 0 aliphatic rings. The zero-order chi connectivity index (χ0) is 16.9. The van der Waals surface area contributed by atoms with E-state index in [9.17, 15) is 9.59 Å². The van der Waals surface area contributed by atoms with E-state index in [0.717, 1.165) is 5.56 Å². The van der Waals surface area contributed by atoms with Gasteiger partial charge in [0.1, 0.15) is 0 Å². The molecular weight excluding hydrogens is 298 g/mol. The molecule has 0 saturated heterocycles. The summed E-state index contributed by atoms with van der Waals surface area (Å²) in [5, 5.41) is 9.97. The van der Waals surface area contributed by atoms with Gasteiger partial charge in [-0.05, 0) is 17.5 Å². The standard InChI is InChI=1S/C16H19N3O4/c1-16(2,3)9-13(21)22-10-12(20)17-15-19-18-14(23-15)11-7-5-4-6-8-11/h4-8H,9-10H2,1-3H3,(H,17,19,20). The molecule has 0 bridgehead atoms. The normalized spacial score (nSPS) is 11.1. The predicted molar refractivity (Wildman–Crippen MR) is 83.4 cm³/mol. The SMILES string of the molecule is CC(C)(C)CC(=O)OCC(=O)Nc1nnc(-c2ccccc2)o1. The molecule has 23 heavy (non-hydrogen) atoms. The zero-order valence-electron chi connectivity index (χ0n) is 13.3. The number of nitrogens with zero attached hydrogens (tertiary/aromatic N) is 2. The Morgan fingerprint density at radius 3 is 2.52 bits per heavy atom. The van der Waals surface area contributed by atoms with Crippen molar-refractivity contribution in [1.29, 1.82) is 0 Å². The highest BCUT2D eigenvalue weighted by Gasteiger charge is 2.18. The fraction of sp³-hybridized carbons (Fsp3) is 0.375. The van der Waals surface area contributed by atoms with E-state index in [1.54, 1.807) is 0 Å². The molecule has 1 aromatic carbocycles. The van der Waals surface area contributed by atoms with E-state index in [4.69, 9.17) is 9.15 Å². The smallest absolute Gasteiger partial charge is 0.322 e. The Balaban J connectivity index is 1.84. The molecule has 1 heterocycles. The van der Waals surface area contributed by atoms with Gasteiger partial charge in [-0.15, -0.1) is 5.10 Å². The number of nitrogens with one attached hydrogen (secondary N) is 1. The third-order valence-corrected chi connectivity index (χ3v) is 2.73. The summed E-state index contributed by atoms with van der Waals surface area (Å²) in [5.74, 6) is -0.663. The summed E-state index contributed by atoms with van der Waals surface area (Å²) in [6, 6.07) is 9.13. The first-order valence-electron chi connectivity index (χ1n) is 7.18. The minimum absolute atomic E-state index is 0.0410. The quantitative estimate of drug-likeness (QED) is 0.852. The monoisotopic (exact) mass is 317 g/mol. The lowest BCUT2D eigenvalue weighted by Crippen LogP contribution is -2.23. The lowest BCUT2D eigenvalue weighted by molar-refractivity contribution is -0.149. The molecule has 1 N–H and O–H groups in total. The molecule has 122 valence electrons. The predicted octanol–water partition coefficient (Wildman–Crippen LogP) is 2.65. The molecule has 7 heteroatoms. The van der Waals surface area contributed by atoms with Crippen LogP contribution in [-0.2, 0) is 14.3 Å². The van der Waals surface area contributed by atoms with Crippen LogP contribution in [0, 0.1) is 5.41 Å². The van der Waals surface area contributed by atoms with Crippen molar-refractivity contribution in [3.05, 3.63) is 30.3 Å². The van der Waals surface area contributed by atoms with Gasteiger partial charge in [0.05, 0.1) is 6.42 Å². The number of carbonyl (C=O) groups excluding carboxylic acids is 2. The van der Waals surface area contributed by atoms with Crippen molar-refractivity contribution < 1.29 is 18.7 Å². The van der Waals surface area contributed by atoms with Gasteiger partial charge >= 0.3 is 12.0 Å². The number of esters is 1. The Hall–Kier alpha value is -2.70. The second kappa shape index (κ2) is 7.04. The van der Waals surface area contributed by atoms with Crippen LogP contribution in [0.15, 0.2) is 34.7 Å². The summed E-state index contributed by atoms with van der Waals surface area (Å²) in [6.07, 6.45) is 0.235. The van der Waals surface area contributed by atoms with E-state index in [1.807, 2.05) is 51.1 Å². The van der Waals surface area contributed by atoms with Crippen LogP contribution in [0.25, 0.3) is 11.5 Å². The molecule has 0 aliphatic carbocycles. The summed E-state index contributed by atoms with van der Waals surface area (Å²) in [4.78, 5) is 23.3. The van der Waals surface area contributed by atoms with E-state index in [-0.39, 0.29) is 17.9 Å². The summed E-state index contributed by atoms with van der Waals surface area (Å²) in [6.45, 7) is 5.35. The highest BCUT2D eigenvalue weighted by molar-refractivity contribution is 5.91. The van der Waals surface area contributed by atoms with Crippen molar-refractivity contribution in [2.75, 3.05) is 11.9 Å². The number of benzene rings is 1. The van der Waals surface area contributed by atoms with Crippen LogP contribution in [0.1, 0.15) is 27.2 Å². The number of carbonyl (C=O) groups is 2. The van der Waals surface area contributed by atoms with Crippen molar-refractivity contribution in [2.24, 2.45) is 5.41 Å². The molecule has 0 atom stereocenters. The molecule has 1 aromatic heterocycles. The maximum absolute atomic E-state index is 11.7. The maximum atomic E-state index is 11.7. The molecular formula is C16H19N3O4. The average molecular weight is 317 g/mol. The van der Waals surface area contributed by atoms with Crippen LogP contribution >= 0.6 is 0 Å². The highest BCUT2D eigenvalue weighted by Crippen LogP contribution is 2.20. The summed E-state index contributed by atoms with van der Waals surface area (Å²) >= 11 is 0. The van der Waals surface area contributed by atoms with Gasteiger partial charge in [-0.3, -0.25) is 14.9 Å². The minimum atomic E-state index is -0.532. The van der Waals surface area contributed by atoms with Crippen molar-refractivity contribution in [2.45, 2.75) is 27.2 Å². The third kappa shape index (κ3) is 5.54. The van der Waals surface area contributed by atoms with Crippen LogP contribution in [0.2, 0.25) is 0 Å². The molecule has 0 unspecified atom stereocenters. The highest BCUT2D eigenvalue weighted by atomic mass is 16.5. The number of aromatic nitrogens is 2. The zero-order valence-corrected chi connectivity index (χ0v) is 13.3. The minimum Gasteiger partial charge on any atom is -0.456 e. The van der Waals surface area contributed by atoms with E-state index in [2.05, 4.69) is 15.5 Å². The van der Waals surface area contributed by atoms with Gasteiger partial charge in [0, 0.05) is 5.56 Å². The van der Waals surface area contributed by atoms with Crippen molar-refractivity contribution in [1.82, 2.24) is 10.2 Å². The van der Waals surface area contributed by atoms with Crippen LogP contribution in [0.4, 0.5) is 6.01 Å². The lowest BCUT2D eigenvalue weighted by Gasteiger charge is -2.16. The largest absolute Gasteiger partial charge is 0.456 e. The Kier molecular flexibility index (Phi) is 5.10. The first-order chi connectivity index (χ1) is 10.8. The number of amides is 1. The summed E-state index contributed by atoms with van der Waals surface area (Å²) in [5.41, 5.74) is 0.557. The topological polar surface area (TPSA) is 94.3 Å². The molecule has 0 spiro atoms. The van der Waals surface area contributed by atoms with E-state index in [1.165, 1.54) is 0 Å². The van der Waals surface area contributed by atoms with Gasteiger partial charge in [-0.2, -0.15) is 0 Å². The van der Waals surface area contributed by atoms with Gasteiger partial charge in [0.25, 0.3) is 5.91 Å². The Morgan fingerprint density at radius 1 is 1.17 bits per heavy atom. The molecule has 0 saturated carbocycles. The Bertz CT molecular complexity index is 674. The number of anilines is 1. The second-order valence-corrected chi connectivity index (χ2v) is 6.22. The number of hydrogen-bond donors (Lipinski definition) is 1. The van der Waals surface area contributed by atoms with Gasteiger partial charge in [0.2, 0.25) is 5.89 Å². The van der Waals surface area contributed by atoms with Gasteiger partial charge in [-0.1, -0.05) is 44.1 Å². The summed E-state index contributed by atoms with van der Waals surface area (Å²) < 4.78 is 10.2. The van der Waals surface area contributed by atoms with Crippen molar-refractivity contribution >= 4 is 17.9 Å². The van der Waals surface area contributed by atoms with Crippen LogP contribution in [-0.4, -0.2) is 28.7 Å². The molecule has 2 rings (SSSR count). The molecule has 1 amide bonds. The first-order valence-corrected chi connectivity index (χ1v) is 7.18.